The summed E-state index contributed by atoms with van der Waals surface area (Å²) < 4.78 is 0. The highest BCUT2D eigenvalue weighted by Crippen LogP contribution is 2.03. The Bertz CT molecular complexity index is 172. The summed E-state index contributed by atoms with van der Waals surface area (Å²) in [7, 11) is 0. The van der Waals surface area contributed by atoms with Gasteiger partial charge in [-0.15, -0.1) is 0 Å². The van der Waals surface area contributed by atoms with E-state index in [-0.39, 0.29) is 16.0 Å². The maximum atomic E-state index is 5.39. The predicted molar refractivity (Wildman–Crippen MR) is 41.6 cm³/mol. The molecule has 0 heterocycles. The topological polar surface area (TPSA) is 38.4 Å². The van der Waals surface area contributed by atoms with E-state index in [0.29, 0.717) is 0 Å². The summed E-state index contributed by atoms with van der Waals surface area (Å²) in [5.74, 6) is 0. The van der Waals surface area contributed by atoms with E-state index >= 15 is 0 Å². The molecule has 0 aromatic rings. The van der Waals surface area contributed by atoms with Crippen LogP contribution < -0.4 is 5.73 Å². The number of nitrogens with zero attached hydrogens (tertiary/aromatic N) is 1. The van der Waals surface area contributed by atoms with Crippen molar-refractivity contribution < 1.29 is 0 Å². The first-order valence-corrected chi connectivity index (χ1v) is 2.83. The standard InChI is InChI=1S/C5H6Cl2N2/c1-3(8)5(7)9-4(2)6/h1-2,8H2/b9-5+. The Hall–Kier alpha value is -0.470. The molecule has 0 fully saturated rings. The van der Waals surface area contributed by atoms with Gasteiger partial charge in [0.25, 0.3) is 0 Å². The zero-order valence-corrected chi connectivity index (χ0v) is 6.21. The third-order valence-electron chi connectivity index (χ3n) is 0.484. The van der Waals surface area contributed by atoms with Gasteiger partial charge in [0.05, 0.1) is 5.70 Å². The van der Waals surface area contributed by atoms with Gasteiger partial charge in [-0.3, -0.25) is 0 Å². The number of hydrogen-bond acceptors (Lipinski definition) is 2. The van der Waals surface area contributed by atoms with Gasteiger partial charge in [-0.1, -0.05) is 36.4 Å². The number of aliphatic imine (C=N–C) groups is 1. The fourth-order valence-electron chi connectivity index (χ4n) is 0.178. The third-order valence-corrected chi connectivity index (χ3v) is 0.896. The van der Waals surface area contributed by atoms with Crippen molar-refractivity contribution in [3.8, 4) is 0 Å². The van der Waals surface area contributed by atoms with E-state index in [4.69, 9.17) is 28.9 Å². The molecule has 0 aliphatic rings. The lowest BCUT2D eigenvalue weighted by Gasteiger charge is -1.91. The minimum atomic E-state index is 0.0787. The van der Waals surface area contributed by atoms with Crippen molar-refractivity contribution in [3.63, 3.8) is 0 Å². The van der Waals surface area contributed by atoms with Crippen LogP contribution in [0.25, 0.3) is 0 Å². The van der Waals surface area contributed by atoms with E-state index in [0.717, 1.165) is 0 Å². The molecule has 0 saturated heterocycles. The molecular formula is C5H6Cl2N2. The van der Waals surface area contributed by atoms with Crippen molar-refractivity contribution in [2.75, 3.05) is 0 Å². The molecule has 0 radical (unpaired) electrons. The van der Waals surface area contributed by atoms with E-state index < -0.39 is 0 Å². The summed E-state index contributed by atoms with van der Waals surface area (Å²) in [4.78, 5) is 3.51. The fraction of sp³-hybridized carbons (Fsp3) is 0. The molecule has 4 heteroatoms. The molecule has 0 unspecified atom stereocenters. The Kier molecular flexibility index (Phi) is 3.35. The molecule has 0 aromatic heterocycles. The van der Waals surface area contributed by atoms with E-state index in [2.05, 4.69) is 18.2 Å². The third kappa shape index (κ3) is 4.06. The van der Waals surface area contributed by atoms with Gasteiger partial charge in [0, 0.05) is 0 Å². The molecule has 0 atom stereocenters. The van der Waals surface area contributed by atoms with E-state index in [9.17, 15) is 0 Å². The summed E-state index contributed by atoms with van der Waals surface area (Å²) in [6, 6.07) is 0. The van der Waals surface area contributed by atoms with Crippen molar-refractivity contribution in [2.45, 2.75) is 0 Å². The van der Waals surface area contributed by atoms with Gasteiger partial charge < -0.3 is 5.73 Å². The molecule has 0 amide bonds. The highest BCUT2D eigenvalue weighted by Gasteiger charge is 1.93. The Morgan fingerprint density at radius 2 is 1.78 bits per heavy atom. The van der Waals surface area contributed by atoms with Gasteiger partial charge >= 0.3 is 0 Å². The fourth-order valence-corrected chi connectivity index (χ4v) is 0.408. The van der Waals surface area contributed by atoms with E-state index in [1.165, 1.54) is 0 Å². The smallest absolute Gasteiger partial charge is 0.153 e. The van der Waals surface area contributed by atoms with Crippen LogP contribution in [0.15, 0.2) is 29.0 Å². The van der Waals surface area contributed by atoms with Crippen LogP contribution in [-0.2, 0) is 0 Å². The zero-order valence-electron chi connectivity index (χ0n) is 4.69. The molecular weight excluding hydrogens is 159 g/mol. The number of allylic oxidation sites excluding steroid dienone is 1. The van der Waals surface area contributed by atoms with Crippen LogP contribution in [0.3, 0.4) is 0 Å². The molecule has 0 rings (SSSR count). The van der Waals surface area contributed by atoms with Crippen LogP contribution in [-0.4, -0.2) is 5.17 Å². The van der Waals surface area contributed by atoms with Crippen LogP contribution in [0.1, 0.15) is 0 Å². The summed E-state index contributed by atoms with van der Waals surface area (Å²) in [5, 5.41) is 0.168. The van der Waals surface area contributed by atoms with Crippen molar-refractivity contribution in [3.05, 3.63) is 24.0 Å². The molecule has 2 N–H and O–H groups in total. The number of nitrogens with two attached hydrogens (primary N) is 1. The van der Waals surface area contributed by atoms with Gasteiger partial charge in [-0.2, -0.15) is 0 Å². The summed E-state index contributed by atoms with van der Waals surface area (Å²) in [6.45, 7) is 6.60. The monoisotopic (exact) mass is 164 g/mol. The number of hydrogen-bond donors (Lipinski definition) is 1. The number of halogens is 2. The predicted octanol–water partition coefficient (Wildman–Crippen LogP) is 1.81. The van der Waals surface area contributed by atoms with Crippen LogP contribution in [0, 0.1) is 0 Å². The quantitative estimate of drug-likeness (QED) is 0.491. The van der Waals surface area contributed by atoms with Gasteiger partial charge in [0.2, 0.25) is 0 Å². The molecule has 2 nitrogen and oxygen atoms in total. The summed E-state index contributed by atoms with van der Waals surface area (Å²) in [5.41, 5.74) is 5.31. The largest absolute Gasteiger partial charge is 0.397 e. The van der Waals surface area contributed by atoms with Gasteiger partial charge in [0.15, 0.2) is 5.17 Å². The lowest BCUT2D eigenvalue weighted by atomic mass is 10.6. The Balaban J connectivity index is 4.17. The number of rotatable bonds is 2. The first-order chi connectivity index (χ1) is 4.04. The average Bonchev–Trinajstić information content (AvgIpc) is 1.63. The summed E-state index contributed by atoms with van der Waals surface area (Å²) >= 11 is 10.6. The maximum absolute atomic E-state index is 5.39. The SMILES string of the molecule is C=C(Cl)/N=C(/Cl)C(=C)N. The molecule has 0 aliphatic carbocycles. The summed E-state index contributed by atoms with van der Waals surface area (Å²) in [6.07, 6.45) is 0. The second-order valence-corrected chi connectivity index (χ2v) is 2.10. The zero-order chi connectivity index (χ0) is 7.44. The van der Waals surface area contributed by atoms with Crippen molar-refractivity contribution in [1.82, 2.24) is 0 Å². The van der Waals surface area contributed by atoms with Crippen LogP contribution >= 0.6 is 23.2 Å². The molecule has 50 valence electrons. The van der Waals surface area contributed by atoms with Crippen LogP contribution in [0.5, 0.6) is 0 Å². The second kappa shape index (κ2) is 3.54. The Morgan fingerprint density at radius 3 is 1.89 bits per heavy atom. The van der Waals surface area contributed by atoms with E-state index in [1.54, 1.807) is 0 Å². The molecule has 9 heavy (non-hydrogen) atoms. The average molecular weight is 165 g/mol. The molecule has 0 spiro atoms. The van der Waals surface area contributed by atoms with Crippen LogP contribution in [0.4, 0.5) is 0 Å². The second-order valence-electron chi connectivity index (χ2n) is 1.30. The van der Waals surface area contributed by atoms with Gasteiger partial charge in [-0.05, 0) is 0 Å². The lowest BCUT2D eigenvalue weighted by molar-refractivity contribution is 1.46. The molecule has 0 aromatic carbocycles. The molecule has 0 bridgehead atoms. The minimum absolute atomic E-state index is 0.0787. The van der Waals surface area contributed by atoms with Crippen molar-refractivity contribution in [2.24, 2.45) is 10.7 Å². The maximum Gasteiger partial charge on any atom is 0.153 e. The first-order valence-electron chi connectivity index (χ1n) is 2.07. The van der Waals surface area contributed by atoms with Crippen molar-refractivity contribution in [1.29, 1.82) is 0 Å². The normalized spacial score (nSPS) is 11.1. The Labute approximate surface area is 63.7 Å². The van der Waals surface area contributed by atoms with Gasteiger partial charge in [0.1, 0.15) is 5.16 Å². The highest BCUT2D eigenvalue weighted by molar-refractivity contribution is 6.69. The Morgan fingerprint density at radius 1 is 1.33 bits per heavy atom. The van der Waals surface area contributed by atoms with E-state index in [1.807, 2.05) is 0 Å². The lowest BCUT2D eigenvalue weighted by Crippen LogP contribution is -2.02. The first kappa shape index (κ1) is 8.53. The highest BCUT2D eigenvalue weighted by atomic mass is 35.5. The minimum Gasteiger partial charge on any atom is -0.397 e. The van der Waals surface area contributed by atoms with Crippen LogP contribution in [0.2, 0.25) is 0 Å². The van der Waals surface area contributed by atoms with Gasteiger partial charge in [-0.25, -0.2) is 4.99 Å². The van der Waals surface area contributed by atoms with Crippen molar-refractivity contribution >= 4 is 28.4 Å². The molecule has 0 saturated carbocycles. The molecule has 0 aliphatic heterocycles.